The largest absolute Gasteiger partial charge is 0.398 e. The van der Waals surface area contributed by atoms with Gasteiger partial charge in [0.15, 0.2) is 0 Å². The second kappa shape index (κ2) is 8.08. The van der Waals surface area contributed by atoms with Gasteiger partial charge < -0.3 is 16.4 Å². The number of halogens is 2. The zero-order valence-electron chi connectivity index (χ0n) is 14.1. The van der Waals surface area contributed by atoms with Gasteiger partial charge in [0.1, 0.15) is 5.84 Å². The van der Waals surface area contributed by atoms with Gasteiger partial charge in [-0.2, -0.15) is 0 Å². The SMILES string of the molecule is N=C(NC(=O)C1CCCNC1)c1cc(-c2cc(Cl)ccc2Cl)ccc1N. The molecule has 1 atom stereocenters. The van der Waals surface area contributed by atoms with Crippen molar-refractivity contribution in [3.8, 4) is 11.1 Å². The first-order valence-corrected chi connectivity index (χ1v) is 9.17. The van der Waals surface area contributed by atoms with E-state index in [1.165, 1.54) is 0 Å². The molecule has 0 bridgehead atoms. The molecule has 26 heavy (non-hydrogen) atoms. The van der Waals surface area contributed by atoms with Gasteiger partial charge in [0.25, 0.3) is 0 Å². The molecule has 1 fully saturated rings. The Bertz CT molecular complexity index is 847. The van der Waals surface area contributed by atoms with E-state index >= 15 is 0 Å². The fourth-order valence-corrected chi connectivity index (χ4v) is 3.43. The van der Waals surface area contributed by atoms with Gasteiger partial charge in [-0.1, -0.05) is 29.3 Å². The first kappa shape index (κ1) is 18.7. The minimum Gasteiger partial charge on any atom is -0.398 e. The normalized spacial score (nSPS) is 16.9. The molecule has 0 spiro atoms. The molecule has 1 amide bonds. The fourth-order valence-electron chi connectivity index (χ4n) is 3.03. The Morgan fingerprint density at radius 2 is 2.04 bits per heavy atom. The van der Waals surface area contributed by atoms with Crippen molar-refractivity contribution < 1.29 is 4.79 Å². The van der Waals surface area contributed by atoms with Crippen molar-refractivity contribution in [1.29, 1.82) is 5.41 Å². The van der Waals surface area contributed by atoms with Crippen LogP contribution in [0.25, 0.3) is 11.1 Å². The molecule has 7 heteroatoms. The van der Waals surface area contributed by atoms with Crippen molar-refractivity contribution >= 4 is 40.6 Å². The van der Waals surface area contributed by atoms with Crippen LogP contribution < -0.4 is 16.4 Å². The maximum Gasteiger partial charge on any atom is 0.229 e. The van der Waals surface area contributed by atoms with E-state index in [-0.39, 0.29) is 17.7 Å². The number of amides is 1. The molecule has 0 aromatic heterocycles. The highest BCUT2D eigenvalue weighted by molar-refractivity contribution is 6.35. The molecule has 5 nitrogen and oxygen atoms in total. The Morgan fingerprint density at radius 1 is 1.23 bits per heavy atom. The Balaban J connectivity index is 1.84. The molecule has 0 aliphatic carbocycles. The lowest BCUT2D eigenvalue weighted by atomic mass is 9.98. The van der Waals surface area contributed by atoms with Crippen LogP contribution in [0.2, 0.25) is 10.0 Å². The number of carbonyl (C=O) groups is 1. The summed E-state index contributed by atoms with van der Waals surface area (Å²) in [6, 6.07) is 10.5. The average Bonchev–Trinajstić information content (AvgIpc) is 2.65. The van der Waals surface area contributed by atoms with E-state index in [0.29, 0.717) is 27.8 Å². The minimum absolute atomic E-state index is 0.0157. The van der Waals surface area contributed by atoms with Gasteiger partial charge in [0.05, 0.1) is 5.92 Å². The average molecular weight is 391 g/mol. The molecule has 5 N–H and O–H groups in total. The molecule has 3 rings (SSSR count). The fraction of sp³-hybridized carbons (Fsp3) is 0.263. The lowest BCUT2D eigenvalue weighted by Gasteiger charge is -2.22. The summed E-state index contributed by atoms with van der Waals surface area (Å²) in [5.74, 6) is -0.304. The van der Waals surface area contributed by atoms with Gasteiger partial charge in [-0.05, 0) is 55.3 Å². The third kappa shape index (κ3) is 4.18. The molecular weight excluding hydrogens is 371 g/mol. The Morgan fingerprint density at radius 3 is 2.77 bits per heavy atom. The monoisotopic (exact) mass is 390 g/mol. The number of hydrogen-bond acceptors (Lipinski definition) is 4. The van der Waals surface area contributed by atoms with Crippen LogP contribution in [0.15, 0.2) is 36.4 Å². The van der Waals surface area contributed by atoms with Gasteiger partial charge in [-0.3, -0.25) is 10.2 Å². The zero-order valence-corrected chi connectivity index (χ0v) is 15.6. The van der Waals surface area contributed by atoms with Crippen LogP contribution in [0.3, 0.4) is 0 Å². The smallest absolute Gasteiger partial charge is 0.229 e. The van der Waals surface area contributed by atoms with E-state index in [1.54, 1.807) is 30.3 Å². The standard InChI is InChI=1S/C19H20Cl2N4O/c20-13-4-5-16(21)14(9-13)11-3-6-17(22)15(8-11)18(23)25-19(26)12-2-1-7-24-10-12/h3-6,8-9,12,24H,1-2,7,10,22H2,(H2,23,25,26). The van der Waals surface area contributed by atoms with Crippen LogP contribution in [0.5, 0.6) is 0 Å². The lowest BCUT2D eigenvalue weighted by molar-refractivity contribution is -0.124. The number of nitrogen functional groups attached to an aromatic ring is 1. The number of rotatable bonds is 3. The number of nitrogens with one attached hydrogen (secondary N) is 3. The third-order valence-electron chi connectivity index (χ3n) is 4.48. The molecule has 0 radical (unpaired) electrons. The van der Waals surface area contributed by atoms with Crippen LogP contribution in [0.1, 0.15) is 18.4 Å². The van der Waals surface area contributed by atoms with Crippen molar-refractivity contribution in [3.63, 3.8) is 0 Å². The Labute approximate surface area is 162 Å². The summed E-state index contributed by atoms with van der Waals surface area (Å²) < 4.78 is 0. The summed E-state index contributed by atoms with van der Waals surface area (Å²) in [5.41, 5.74) is 8.42. The van der Waals surface area contributed by atoms with Crippen molar-refractivity contribution in [2.75, 3.05) is 18.8 Å². The topological polar surface area (TPSA) is 91.0 Å². The number of hydrogen-bond donors (Lipinski definition) is 4. The minimum atomic E-state index is -0.159. The van der Waals surface area contributed by atoms with Crippen molar-refractivity contribution in [1.82, 2.24) is 10.6 Å². The Kier molecular flexibility index (Phi) is 5.81. The number of carbonyl (C=O) groups excluding carboxylic acids is 1. The zero-order chi connectivity index (χ0) is 18.7. The molecule has 1 aliphatic rings. The third-order valence-corrected chi connectivity index (χ3v) is 5.04. The predicted molar refractivity (Wildman–Crippen MR) is 107 cm³/mol. The first-order chi connectivity index (χ1) is 12.5. The molecular formula is C19H20Cl2N4O. The lowest BCUT2D eigenvalue weighted by Crippen LogP contribution is -2.42. The maximum atomic E-state index is 12.4. The van der Waals surface area contributed by atoms with E-state index in [0.717, 1.165) is 30.5 Å². The second-order valence-corrected chi connectivity index (χ2v) is 7.18. The highest BCUT2D eigenvalue weighted by Gasteiger charge is 2.22. The van der Waals surface area contributed by atoms with Gasteiger partial charge in [-0.15, -0.1) is 0 Å². The molecule has 2 aromatic carbocycles. The number of benzene rings is 2. The van der Waals surface area contributed by atoms with E-state index in [2.05, 4.69) is 10.6 Å². The molecule has 1 unspecified atom stereocenters. The quantitative estimate of drug-likeness (QED) is 0.365. The van der Waals surface area contributed by atoms with Crippen LogP contribution in [0.4, 0.5) is 5.69 Å². The molecule has 1 aliphatic heterocycles. The van der Waals surface area contributed by atoms with Crippen LogP contribution in [0, 0.1) is 11.3 Å². The first-order valence-electron chi connectivity index (χ1n) is 8.41. The van der Waals surface area contributed by atoms with Gasteiger partial charge in [0, 0.05) is 33.4 Å². The number of amidine groups is 1. The highest BCUT2D eigenvalue weighted by Crippen LogP contribution is 2.32. The second-order valence-electron chi connectivity index (χ2n) is 6.33. The van der Waals surface area contributed by atoms with Crippen LogP contribution in [-0.4, -0.2) is 24.8 Å². The van der Waals surface area contributed by atoms with Crippen molar-refractivity contribution in [2.45, 2.75) is 12.8 Å². The van der Waals surface area contributed by atoms with Crippen molar-refractivity contribution in [3.05, 3.63) is 52.0 Å². The Hall–Kier alpha value is -2.08. The van der Waals surface area contributed by atoms with Gasteiger partial charge >= 0.3 is 0 Å². The molecule has 0 saturated carbocycles. The van der Waals surface area contributed by atoms with Crippen LogP contribution in [-0.2, 0) is 4.79 Å². The van der Waals surface area contributed by atoms with Gasteiger partial charge in [0.2, 0.25) is 5.91 Å². The summed E-state index contributed by atoms with van der Waals surface area (Å²) >= 11 is 12.3. The molecule has 2 aromatic rings. The van der Waals surface area contributed by atoms with E-state index in [9.17, 15) is 4.79 Å². The summed E-state index contributed by atoms with van der Waals surface area (Å²) in [6.45, 7) is 1.56. The predicted octanol–water partition coefficient (Wildman–Crippen LogP) is 3.68. The molecule has 136 valence electrons. The van der Waals surface area contributed by atoms with E-state index in [4.69, 9.17) is 34.3 Å². The molecule has 1 heterocycles. The van der Waals surface area contributed by atoms with Gasteiger partial charge in [-0.25, -0.2) is 0 Å². The maximum absolute atomic E-state index is 12.4. The summed E-state index contributed by atoms with van der Waals surface area (Å²) in [5, 5.41) is 15.3. The molecule has 1 saturated heterocycles. The summed E-state index contributed by atoms with van der Waals surface area (Å²) in [4.78, 5) is 12.4. The number of anilines is 1. The highest BCUT2D eigenvalue weighted by atomic mass is 35.5. The van der Waals surface area contributed by atoms with Crippen molar-refractivity contribution in [2.24, 2.45) is 5.92 Å². The number of nitrogens with two attached hydrogens (primary N) is 1. The van der Waals surface area contributed by atoms with E-state index in [1.807, 2.05) is 6.07 Å². The van der Waals surface area contributed by atoms with E-state index < -0.39 is 0 Å². The summed E-state index contributed by atoms with van der Waals surface area (Å²) in [6.07, 6.45) is 1.77. The van der Waals surface area contributed by atoms with Crippen LogP contribution >= 0.6 is 23.2 Å². The summed E-state index contributed by atoms with van der Waals surface area (Å²) in [7, 11) is 0. The number of piperidine rings is 1.